The van der Waals surface area contributed by atoms with Gasteiger partial charge in [0.1, 0.15) is 18.1 Å². The van der Waals surface area contributed by atoms with Gasteiger partial charge in [-0.1, -0.05) is 29.8 Å². The van der Waals surface area contributed by atoms with Gasteiger partial charge in [0, 0.05) is 11.6 Å². The maximum absolute atomic E-state index is 11.5. The number of anilines is 1. The minimum atomic E-state index is -0.265. The summed E-state index contributed by atoms with van der Waals surface area (Å²) in [6.45, 7) is 4.32. The zero-order valence-electron chi connectivity index (χ0n) is 17.0. The first-order valence-electron chi connectivity index (χ1n) is 9.27. The molecule has 2 N–H and O–H groups in total. The Morgan fingerprint density at radius 1 is 1.19 bits per heavy atom. The number of aromatic nitrogens is 2. The van der Waals surface area contributed by atoms with Crippen LogP contribution in [0.15, 0.2) is 31.1 Å². The highest BCUT2D eigenvalue weighted by atomic mass is 35.5. The predicted octanol–water partition coefficient (Wildman–Crippen LogP) is 2.86. The first kappa shape index (κ1) is 22.9. The topological polar surface area (TPSA) is 104 Å². The number of carbonyl (C=O) groups excluding carboxylic acids is 1. The minimum absolute atomic E-state index is 0.0630. The van der Waals surface area contributed by atoms with Crippen molar-refractivity contribution < 1.29 is 23.7 Å². The van der Waals surface area contributed by atoms with Gasteiger partial charge < -0.3 is 29.6 Å². The number of carbonyl (C=O) groups is 1. The normalized spacial score (nSPS) is 17.7. The summed E-state index contributed by atoms with van der Waals surface area (Å²) in [5, 5.41) is 6.62. The molecule has 0 unspecified atom stereocenters. The number of nitrogens with one attached hydrogen (secondary N) is 2. The molecule has 1 aliphatic heterocycles. The van der Waals surface area contributed by atoms with Crippen LogP contribution in [-0.2, 0) is 16.1 Å². The van der Waals surface area contributed by atoms with E-state index in [2.05, 4.69) is 27.2 Å². The average molecular weight is 469 g/mol. The lowest BCUT2D eigenvalue weighted by Gasteiger charge is -2.19. The zero-order chi connectivity index (χ0) is 22.4. The number of rotatable bonds is 9. The van der Waals surface area contributed by atoms with E-state index in [-0.39, 0.29) is 24.6 Å². The molecule has 0 saturated carbocycles. The molecule has 2 aromatic rings. The van der Waals surface area contributed by atoms with Crippen LogP contribution in [0, 0.1) is 0 Å². The Balaban J connectivity index is 1.64. The molecule has 31 heavy (non-hydrogen) atoms. The van der Waals surface area contributed by atoms with E-state index in [1.54, 1.807) is 6.07 Å². The van der Waals surface area contributed by atoms with Gasteiger partial charge in [0.15, 0.2) is 5.75 Å². The van der Waals surface area contributed by atoms with Gasteiger partial charge in [-0.05, 0) is 6.08 Å². The van der Waals surface area contributed by atoms with Crippen molar-refractivity contribution in [3.8, 4) is 17.2 Å². The van der Waals surface area contributed by atoms with Gasteiger partial charge in [0.05, 0.1) is 62.0 Å². The van der Waals surface area contributed by atoms with Crippen molar-refractivity contribution in [2.45, 2.75) is 18.7 Å². The Morgan fingerprint density at radius 3 is 2.39 bits per heavy atom. The van der Waals surface area contributed by atoms with Crippen molar-refractivity contribution in [2.24, 2.45) is 0 Å². The molecule has 0 spiro atoms. The third-order valence-corrected chi connectivity index (χ3v) is 5.41. The van der Waals surface area contributed by atoms with Crippen molar-refractivity contribution >= 4 is 35.1 Å². The number of halogens is 2. The fourth-order valence-corrected chi connectivity index (χ4v) is 3.54. The molecule has 1 aliphatic rings. The maximum atomic E-state index is 11.5. The third kappa shape index (κ3) is 5.49. The SMILES string of the molecule is C=CC(=O)N[C@H]1COC[C@H]1Nc1ncc(OCc2c(Cl)c(OC)cc(OC)c2Cl)cn1. The Labute approximate surface area is 189 Å². The van der Waals surface area contributed by atoms with Crippen molar-refractivity contribution in [3.63, 3.8) is 0 Å². The monoisotopic (exact) mass is 468 g/mol. The van der Waals surface area contributed by atoms with Gasteiger partial charge in [-0.3, -0.25) is 4.79 Å². The quantitative estimate of drug-likeness (QED) is 0.541. The average Bonchev–Trinajstić information content (AvgIpc) is 3.21. The Kier molecular flexibility index (Phi) is 7.78. The summed E-state index contributed by atoms with van der Waals surface area (Å²) in [7, 11) is 3.00. The Morgan fingerprint density at radius 2 is 1.81 bits per heavy atom. The van der Waals surface area contributed by atoms with Gasteiger partial charge in [0.2, 0.25) is 11.9 Å². The van der Waals surface area contributed by atoms with E-state index < -0.39 is 0 Å². The molecule has 1 aromatic heterocycles. The van der Waals surface area contributed by atoms with Crippen LogP contribution in [0.4, 0.5) is 5.95 Å². The van der Waals surface area contributed by atoms with E-state index in [9.17, 15) is 4.79 Å². The second-order valence-corrected chi connectivity index (χ2v) is 7.28. The fraction of sp³-hybridized carbons (Fsp3) is 0.350. The first-order chi connectivity index (χ1) is 15.0. The number of nitrogens with zero attached hydrogens (tertiary/aromatic N) is 2. The lowest BCUT2D eigenvalue weighted by Crippen LogP contribution is -2.45. The van der Waals surface area contributed by atoms with Gasteiger partial charge in [-0.15, -0.1) is 0 Å². The molecule has 0 aliphatic carbocycles. The standard InChI is InChI=1S/C20H22Cl2N4O5/c1-4-17(27)25-13-9-30-10-14(13)26-20-23-6-11(7-24-20)31-8-12-18(21)15(28-2)5-16(29-3)19(12)22/h4-7,13-14H,1,8-10H2,2-3H3,(H,25,27)(H,23,24,26)/t13-,14+/m0/s1. The minimum Gasteiger partial charge on any atom is -0.495 e. The van der Waals surface area contributed by atoms with Crippen molar-refractivity contribution in [1.82, 2.24) is 15.3 Å². The van der Waals surface area contributed by atoms with Crippen LogP contribution in [0.3, 0.4) is 0 Å². The molecular formula is C20H22Cl2N4O5. The molecule has 0 bridgehead atoms. The summed E-state index contributed by atoms with van der Waals surface area (Å²) in [4.78, 5) is 20.0. The van der Waals surface area contributed by atoms with Gasteiger partial charge in [-0.2, -0.15) is 0 Å². The van der Waals surface area contributed by atoms with E-state index in [1.165, 1.54) is 32.7 Å². The van der Waals surface area contributed by atoms with Crippen LogP contribution in [-0.4, -0.2) is 55.4 Å². The number of hydrogen-bond donors (Lipinski definition) is 2. The first-order valence-corrected chi connectivity index (χ1v) is 10.0. The summed E-state index contributed by atoms with van der Waals surface area (Å²) < 4.78 is 21.7. The van der Waals surface area contributed by atoms with Crippen LogP contribution < -0.4 is 24.8 Å². The van der Waals surface area contributed by atoms with Crippen LogP contribution in [0.2, 0.25) is 10.0 Å². The summed E-state index contributed by atoms with van der Waals surface area (Å²) in [6, 6.07) is 1.23. The second-order valence-electron chi connectivity index (χ2n) is 6.53. The van der Waals surface area contributed by atoms with Crippen LogP contribution >= 0.6 is 23.2 Å². The summed E-state index contributed by atoms with van der Waals surface area (Å²) in [5.74, 6) is 1.38. The summed E-state index contributed by atoms with van der Waals surface area (Å²) >= 11 is 12.7. The van der Waals surface area contributed by atoms with E-state index in [0.717, 1.165) is 0 Å². The van der Waals surface area contributed by atoms with E-state index >= 15 is 0 Å². The van der Waals surface area contributed by atoms with Crippen LogP contribution in [0.25, 0.3) is 0 Å². The molecule has 1 amide bonds. The highest BCUT2D eigenvalue weighted by molar-refractivity contribution is 6.37. The van der Waals surface area contributed by atoms with Crippen LogP contribution in [0.1, 0.15) is 5.56 Å². The number of amides is 1. The molecule has 9 nitrogen and oxygen atoms in total. The van der Waals surface area contributed by atoms with Crippen molar-refractivity contribution in [3.05, 3.63) is 46.7 Å². The molecule has 3 rings (SSSR count). The smallest absolute Gasteiger partial charge is 0.243 e. The highest BCUT2D eigenvalue weighted by Crippen LogP contribution is 2.40. The van der Waals surface area contributed by atoms with E-state index in [4.69, 9.17) is 42.1 Å². The molecule has 0 radical (unpaired) electrons. The molecule has 1 aromatic carbocycles. The number of ether oxygens (including phenoxy) is 4. The fourth-order valence-electron chi connectivity index (χ4n) is 2.93. The molecular weight excluding hydrogens is 447 g/mol. The number of methoxy groups -OCH3 is 2. The number of benzene rings is 1. The molecule has 1 saturated heterocycles. The number of hydrogen-bond acceptors (Lipinski definition) is 8. The van der Waals surface area contributed by atoms with Crippen molar-refractivity contribution in [2.75, 3.05) is 32.8 Å². The predicted molar refractivity (Wildman–Crippen MR) is 116 cm³/mol. The van der Waals surface area contributed by atoms with Gasteiger partial charge in [-0.25, -0.2) is 9.97 Å². The molecule has 1 fully saturated rings. The summed E-state index contributed by atoms with van der Waals surface area (Å²) in [5.41, 5.74) is 0.519. The van der Waals surface area contributed by atoms with Crippen LogP contribution in [0.5, 0.6) is 17.2 Å². The molecule has 2 atom stereocenters. The maximum Gasteiger partial charge on any atom is 0.243 e. The zero-order valence-corrected chi connectivity index (χ0v) is 18.5. The highest BCUT2D eigenvalue weighted by Gasteiger charge is 2.29. The Hall–Kier alpha value is -2.75. The Bertz CT molecular complexity index is 914. The summed E-state index contributed by atoms with van der Waals surface area (Å²) in [6.07, 6.45) is 4.25. The largest absolute Gasteiger partial charge is 0.495 e. The van der Waals surface area contributed by atoms with E-state index in [0.29, 0.717) is 52.0 Å². The van der Waals surface area contributed by atoms with Crippen molar-refractivity contribution in [1.29, 1.82) is 0 Å². The van der Waals surface area contributed by atoms with E-state index in [1.807, 2.05) is 0 Å². The lowest BCUT2D eigenvalue weighted by atomic mass is 10.1. The third-order valence-electron chi connectivity index (χ3n) is 4.58. The molecule has 11 heteroatoms. The van der Waals surface area contributed by atoms with Gasteiger partial charge >= 0.3 is 0 Å². The lowest BCUT2D eigenvalue weighted by molar-refractivity contribution is -0.117. The molecule has 2 heterocycles. The molecule has 166 valence electrons. The van der Waals surface area contributed by atoms with Gasteiger partial charge in [0.25, 0.3) is 0 Å². The second kappa shape index (κ2) is 10.5.